The molecule has 1 fully saturated rings. The van der Waals surface area contributed by atoms with Crippen molar-refractivity contribution in [1.29, 1.82) is 0 Å². The zero-order chi connectivity index (χ0) is 19.9. The zero-order valence-corrected chi connectivity index (χ0v) is 16.4. The number of nitrogens with zero attached hydrogens (tertiary/aromatic N) is 4. The third-order valence-corrected chi connectivity index (χ3v) is 4.73. The highest BCUT2D eigenvalue weighted by atomic mass is 35.5. The van der Waals surface area contributed by atoms with Crippen LogP contribution in [0.25, 0.3) is 0 Å². The van der Waals surface area contributed by atoms with Crippen LogP contribution in [0.5, 0.6) is 0 Å². The van der Waals surface area contributed by atoms with E-state index in [0.717, 1.165) is 5.56 Å². The summed E-state index contributed by atoms with van der Waals surface area (Å²) < 4.78 is 0. The zero-order valence-electron chi connectivity index (χ0n) is 15.6. The Labute approximate surface area is 168 Å². The van der Waals surface area contributed by atoms with Gasteiger partial charge < -0.3 is 20.4 Å². The van der Waals surface area contributed by atoms with Crippen molar-refractivity contribution in [1.82, 2.24) is 25.5 Å². The van der Waals surface area contributed by atoms with Crippen LogP contribution in [0.3, 0.4) is 0 Å². The molecule has 1 saturated heterocycles. The molecule has 148 valence electrons. The fourth-order valence-corrected chi connectivity index (χ4v) is 3.11. The number of aromatic nitrogens is 2. The van der Waals surface area contributed by atoms with E-state index in [1.807, 2.05) is 17.0 Å². The first kappa shape index (κ1) is 19.9. The van der Waals surface area contributed by atoms with Gasteiger partial charge in [-0.1, -0.05) is 23.7 Å². The third-order valence-electron chi connectivity index (χ3n) is 4.49. The Bertz CT molecular complexity index is 811. The summed E-state index contributed by atoms with van der Waals surface area (Å²) in [4.78, 5) is 36.9. The number of nitrogens with one attached hydrogen (secondary N) is 2. The molecule has 28 heavy (non-hydrogen) atoms. The molecule has 2 N–H and O–H groups in total. The second kappa shape index (κ2) is 9.36. The summed E-state index contributed by atoms with van der Waals surface area (Å²) in [6.45, 7) is 4.40. The third kappa shape index (κ3) is 5.32. The summed E-state index contributed by atoms with van der Waals surface area (Å²) in [6, 6.07) is 8.16. The van der Waals surface area contributed by atoms with Crippen LogP contribution in [0.15, 0.2) is 42.7 Å². The number of halogens is 1. The number of amides is 3. The second-order valence-electron chi connectivity index (χ2n) is 6.54. The highest BCUT2D eigenvalue weighted by molar-refractivity contribution is 6.30. The molecule has 0 bridgehead atoms. The van der Waals surface area contributed by atoms with E-state index in [1.165, 1.54) is 0 Å². The van der Waals surface area contributed by atoms with Crippen LogP contribution in [0.4, 0.5) is 10.7 Å². The van der Waals surface area contributed by atoms with Crippen molar-refractivity contribution in [3.05, 3.63) is 53.3 Å². The van der Waals surface area contributed by atoms with Crippen LogP contribution in [-0.4, -0.2) is 59.0 Å². The van der Waals surface area contributed by atoms with E-state index in [-0.39, 0.29) is 11.9 Å². The molecule has 0 aliphatic carbocycles. The highest BCUT2D eigenvalue weighted by Gasteiger charge is 2.24. The van der Waals surface area contributed by atoms with Crippen LogP contribution in [0.1, 0.15) is 12.5 Å². The van der Waals surface area contributed by atoms with Crippen molar-refractivity contribution in [2.45, 2.75) is 19.5 Å². The Hall–Kier alpha value is -2.87. The lowest BCUT2D eigenvalue weighted by Gasteiger charge is -2.35. The van der Waals surface area contributed by atoms with Crippen LogP contribution in [0, 0.1) is 0 Å². The van der Waals surface area contributed by atoms with Crippen molar-refractivity contribution >= 4 is 29.5 Å². The van der Waals surface area contributed by atoms with Gasteiger partial charge >= 0.3 is 6.03 Å². The molecule has 3 amide bonds. The second-order valence-corrected chi connectivity index (χ2v) is 6.98. The summed E-state index contributed by atoms with van der Waals surface area (Å²) in [5.74, 6) is 0.418. The van der Waals surface area contributed by atoms with Crippen LogP contribution >= 0.6 is 11.6 Å². The number of urea groups is 1. The van der Waals surface area contributed by atoms with Gasteiger partial charge in [-0.3, -0.25) is 4.79 Å². The first-order valence-electron chi connectivity index (χ1n) is 9.12. The molecule has 2 heterocycles. The molecular weight excluding hydrogens is 380 g/mol. The number of carbonyl (C=O) groups is 2. The van der Waals surface area contributed by atoms with Gasteiger partial charge in [0.25, 0.3) is 0 Å². The Morgan fingerprint density at radius 1 is 1.14 bits per heavy atom. The van der Waals surface area contributed by atoms with E-state index in [0.29, 0.717) is 43.7 Å². The number of carbonyl (C=O) groups excluding carboxylic acids is 2. The molecule has 0 saturated carbocycles. The summed E-state index contributed by atoms with van der Waals surface area (Å²) in [7, 11) is 0. The van der Waals surface area contributed by atoms with Gasteiger partial charge in [0.15, 0.2) is 0 Å². The molecule has 9 heteroatoms. The smallest absolute Gasteiger partial charge is 0.318 e. The first-order chi connectivity index (χ1) is 13.5. The summed E-state index contributed by atoms with van der Waals surface area (Å²) >= 11 is 5.94. The Morgan fingerprint density at radius 3 is 2.54 bits per heavy atom. The maximum atomic E-state index is 12.4. The number of piperazine rings is 1. The van der Waals surface area contributed by atoms with Gasteiger partial charge in [0, 0.05) is 50.1 Å². The lowest BCUT2D eigenvalue weighted by atomic mass is 10.2. The fraction of sp³-hybridized carbons (Fsp3) is 0.368. The van der Waals surface area contributed by atoms with Crippen molar-refractivity contribution in [2.24, 2.45) is 0 Å². The Morgan fingerprint density at radius 2 is 1.86 bits per heavy atom. The maximum Gasteiger partial charge on any atom is 0.318 e. The predicted octanol–water partition coefficient (Wildman–Crippen LogP) is 1.67. The van der Waals surface area contributed by atoms with Gasteiger partial charge in [-0.05, 0) is 30.7 Å². The van der Waals surface area contributed by atoms with Crippen molar-refractivity contribution in [3.63, 3.8) is 0 Å². The minimum absolute atomic E-state index is 0.246. The first-order valence-corrected chi connectivity index (χ1v) is 9.50. The molecule has 1 aliphatic heterocycles. The topological polar surface area (TPSA) is 90.5 Å². The predicted molar refractivity (Wildman–Crippen MR) is 107 cm³/mol. The molecule has 1 atom stereocenters. The standard InChI is InChI=1S/C19H23ClN6O2/c1-14(17(27)23-13-15-4-2-5-16(20)12-15)24-19(28)26-10-8-25(9-11-26)18-21-6-3-7-22-18/h2-7,12,14H,8-11,13H2,1H3,(H,23,27)(H,24,28)/t14-/m1/s1. The molecule has 8 nitrogen and oxygen atoms in total. The van der Waals surface area contributed by atoms with Crippen molar-refractivity contribution in [2.75, 3.05) is 31.1 Å². The quantitative estimate of drug-likeness (QED) is 0.793. The van der Waals surface area contributed by atoms with Crippen LogP contribution in [-0.2, 0) is 11.3 Å². The van der Waals surface area contributed by atoms with E-state index in [2.05, 4.69) is 20.6 Å². The Kier molecular flexibility index (Phi) is 6.65. The summed E-state index contributed by atoms with van der Waals surface area (Å²) in [6.07, 6.45) is 3.40. The number of hydrogen-bond acceptors (Lipinski definition) is 5. The minimum Gasteiger partial charge on any atom is -0.350 e. The molecule has 1 aromatic heterocycles. The van der Waals surface area contributed by atoms with E-state index in [4.69, 9.17) is 11.6 Å². The maximum absolute atomic E-state index is 12.4. The minimum atomic E-state index is -0.637. The molecule has 2 aromatic rings. The normalized spacial score (nSPS) is 15.1. The summed E-state index contributed by atoms with van der Waals surface area (Å²) in [5, 5.41) is 6.18. The molecule has 1 aliphatic rings. The SMILES string of the molecule is C[C@@H](NC(=O)N1CCN(c2ncccn2)CC1)C(=O)NCc1cccc(Cl)c1. The van der Waals surface area contributed by atoms with Crippen molar-refractivity contribution < 1.29 is 9.59 Å². The van der Waals surface area contributed by atoms with Crippen molar-refractivity contribution in [3.8, 4) is 0 Å². The van der Waals surface area contributed by atoms with E-state index < -0.39 is 6.04 Å². The van der Waals surface area contributed by atoms with E-state index in [9.17, 15) is 9.59 Å². The van der Waals surface area contributed by atoms with E-state index in [1.54, 1.807) is 42.4 Å². The number of benzene rings is 1. The van der Waals surface area contributed by atoms with Gasteiger partial charge in [-0.2, -0.15) is 0 Å². The molecule has 3 rings (SSSR count). The molecule has 0 unspecified atom stereocenters. The average molecular weight is 403 g/mol. The number of rotatable bonds is 5. The van der Waals surface area contributed by atoms with Gasteiger partial charge in [-0.15, -0.1) is 0 Å². The van der Waals surface area contributed by atoms with Gasteiger partial charge in [-0.25, -0.2) is 14.8 Å². The van der Waals surface area contributed by atoms with Gasteiger partial charge in [0.05, 0.1) is 0 Å². The monoisotopic (exact) mass is 402 g/mol. The lowest BCUT2D eigenvalue weighted by molar-refractivity contribution is -0.122. The van der Waals surface area contributed by atoms with Crippen LogP contribution in [0.2, 0.25) is 5.02 Å². The average Bonchev–Trinajstić information content (AvgIpc) is 2.72. The van der Waals surface area contributed by atoms with Gasteiger partial charge in [0.2, 0.25) is 11.9 Å². The Balaban J connectivity index is 1.43. The number of anilines is 1. The fourth-order valence-electron chi connectivity index (χ4n) is 2.90. The highest BCUT2D eigenvalue weighted by Crippen LogP contribution is 2.11. The van der Waals surface area contributed by atoms with E-state index >= 15 is 0 Å². The molecule has 0 radical (unpaired) electrons. The molecular formula is C19H23ClN6O2. The molecule has 0 spiro atoms. The molecule has 1 aromatic carbocycles. The largest absolute Gasteiger partial charge is 0.350 e. The summed E-state index contributed by atoms with van der Waals surface area (Å²) in [5.41, 5.74) is 0.902. The number of hydrogen-bond donors (Lipinski definition) is 2. The lowest BCUT2D eigenvalue weighted by Crippen LogP contribution is -2.55. The van der Waals surface area contributed by atoms with Gasteiger partial charge in [0.1, 0.15) is 6.04 Å². The van der Waals surface area contributed by atoms with Crippen LogP contribution < -0.4 is 15.5 Å².